The zero-order valence-electron chi connectivity index (χ0n) is 21.0. The number of para-hydroxylation sites is 4. The molecule has 3 nitrogen and oxygen atoms in total. The van der Waals surface area contributed by atoms with Crippen LogP contribution in [0.15, 0.2) is 138 Å². The standard InChI is InChI=1S/C36H22N2O/c1-3-11-23(12-4-1)37-30-17-9-7-16-27(30)35-31(37)20-19-26-28-21-29-25-15-8-10-18-33(25)39-34(29)22-32(28)38(36(26)35)24-13-5-2-6-14-24/h1-22H. The summed E-state index contributed by atoms with van der Waals surface area (Å²) in [5.74, 6) is 0. The van der Waals surface area contributed by atoms with E-state index in [-0.39, 0.29) is 0 Å². The van der Waals surface area contributed by atoms with Gasteiger partial charge in [0.1, 0.15) is 11.2 Å². The van der Waals surface area contributed by atoms with Gasteiger partial charge in [-0.05, 0) is 48.5 Å². The Bertz CT molecular complexity index is 2370. The summed E-state index contributed by atoms with van der Waals surface area (Å²) in [4.78, 5) is 0. The van der Waals surface area contributed by atoms with Gasteiger partial charge in [-0.15, -0.1) is 0 Å². The Kier molecular flexibility index (Phi) is 4.05. The fourth-order valence-electron chi connectivity index (χ4n) is 6.47. The number of aromatic nitrogens is 2. The average Bonchev–Trinajstić information content (AvgIpc) is 3.64. The lowest BCUT2D eigenvalue weighted by atomic mass is 10.1. The van der Waals surface area contributed by atoms with E-state index in [1.165, 1.54) is 38.1 Å². The van der Waals surface area contributed by atoms with Gasteiger partial charge < -0.3 is 13.6 Å². The van der Waals surface area contributed by atoms with Crippen molar-refractivity contribution in [2.75, 3.05) is 0 Å². The Labute approximate surface area is 223 Å². The lowest BCUT2D eigenvalue weighted by Gasteiger charge is -2.10. The van der Waals surface area contributed by atoms with Gasteiger partial charge in [-0.25, -0.2) is 0 Å². The fraction of sp³-hybridized carbons (Fsp3) is 0. The van der Waals surface area contributed by atoms with Gasteiger partial charge in [0.15, 0.2) is 0 Å². The Morgan fingerprint density at radius 3 is 1.85 bits per heavy atom. The molecular weight excluding hydrogens is 476 g/mol. The van der Waals surface area contributed by atoms with Crippen molar-refractivity contribution >= 4 is 65.6 Å². The van der Waals surface area contributed by atoms with Crippen LogP contribution in [0.25, 0.3) is 76.9 Å². The van der Waals surface area contributed by atoms with E-state index >= 15 is 0 Å². The summed E-state index contributed by atoms with van der Waals surface area (Å²) in [6, 6.07) is 47.5. The monoisotopic (exact) mass is 498 g/mol. The first-order valence-corrected chi connectivity index (χ1v) is 13.3. The Balaban J connectivity index is 1.54. The van der Waals surface area contributed by atoms with Crippen molar-refractivity contribution in [1.82, 2.24) is 9.13 Å². The molecule has 39 heavy (non-hydrogen) atoms. The van der Waals surface area contributed by atoms with Crippen LogP contribution in [0.1, 0.15) is 0 Å². The van der Waals surface area contributed by atoms with Crippen LogP contribution >= 0.6 is 0 Å². The second kappa shape index (κ2) is 7.62. The van der Waals surface area contributed by atoms with Crippen molar-refractivity contribution in [3.63, 3.8) is 0 Å². The first-order chi connectivity index (χ1) is 19.4. The van der Waals surface area contributed by atoms with Gasteiger partial charge in [0, 0.05) is 49.8 Å². The molecule has 0 fully saturated rings. The van der Waals surface area contributed by atoms with E-state index in [2.05, 4.69) is 130 Å². The largest absolute Gasteiger partial charge is 0.456 e. The molecule has 0 N–H and O–H groups in total. The summed E-state index contributed by atoms with van der Waals surface area (Å²) in [7, 11) is 0. The summed E-state index contributed by atoms with van der Waals surface area (Å²) < 4.78 is 11.2. The summed E-state index contributed by atoms with van der Waals surface area (Å²) in [6.07, 6.45) is 0. The molecule has 0 aliphatic heterocycles. The minimum atomic E-state index is 0.909. The maximum Gasteiger partial charge on any atom is 0.137 e. The van der Waals surface area contributed by atoms with Gasteiger partial charge in [-0.3, -0.25) is 0 Å². The Morgan fingerprint density at radius 1 is 0.385 bits per heavy atom. The van der Waals surface area contributed by atoms with E-state index in [9.17, 15) is 0 Å². The van der Waals surface area contributed by atoms with Gasteiger partial charge in [-0.1, -0.05) is 78.9 Å². The number of hydrogen-bond donors (Lipinski definition) is 0. The maximum absolute atomic E-state index is 6.35. The molecule has 0 saturated heterocycles. The lowest BCUT2D eigenvalue weighted by Crippen LogP contribution is -1.95. The number of hydrogen-bond acceptors (Lipinski definition) is 1. The van der Waals surface area contributed by atoms with E-state index in [1.807, 2.05) is 12.1 Å². The molecule has 3 heteroatoms. The van der Waals surface area contributed by atoms with Crippen LogP contribution < -0.4 is 0 Å². The van der Waals surface area contributed by atoms with Crippen LogP contribution in [-0.4, -0.2) is 9.13 Å². The van der Waals surface area contributed by atoms with Crippen LogP contribution in [0, 0.1) is 0 Å². The molecule has 9 aromatic rings. The first kappa shape index (κ1) is 20.7. The molecule has 0 bridgehead atoms. The molecule has 0 spiro atoms. The molecule has 0 aliphatic rings. The van der Waals surface area contributed by atoms with E-state index in [0.717, 1.165) is 38.8 Å². The highest BCUT2D eigenvalue weighted by atomic mass is 16.3. The van der Waals surface area contributed by atoms with Gasteiger partial charge in [-0.2, -0.15) is 0 Å². The first-order valence-electron chi connectivity index (χ1n) is 13.3. The van der Waals surface area contributed by atoms with Crippen molar-refractivity contribution in [2.24, 2.45) is 0 Å². The van der Waals surface area contributed by atoms with Gasteiger partial charge in [0.2, 0.25) is 0 Å². The third-order valence-corrected chi connectivity index (χ3v) is 8.09. The minimum absolute atomic E-state index is 0.909. The van der Waals surface area contributed by atoms with Gasteiger partial charge >= 0.3 is 0 Å². The second-order valence-electron chi connectivity index (χ2n) is 10.2. The van der Waals surface area contributed by atoms with Crippen molar-refractivity contribution in [3.05, 3.63) is 133 Å². The number of rotatable bonds is 2. The summed E-state index contributed by atoms with van der Waals surface area (Å²) in [5.41, 5.74) is 8.89. The molecule has 0 saturated carbocycles. The molecule has 0 unspecified atom stereocenters. The van der Waals surface area contributed by atoms with Crippen LogP contribution in [0.4, 0.5) is 0 Å². The predicted octanol–water partition coefficient (Wildman–Crippen LogP) is 9.78. The second-order valence-corrected chi connectivity index (χ2v) is 10.2. The number of fused-ring (bicyclic) bond motifs is 10. The van der Waals surface area contributed by atoms with Crippen LogP contribution in [0.5, 0.6) is 0 Å². The number of furan rings is 1. The van der Waals surface area contributed by atoms with E-state index < -0.39 is 0 Å². The van der Waals surface area contributed by atoms with Crippen LogP contribution in [-0.2, 0) is 0 Å². The quantitative estimate of drug-likeness (QED) is 0.233. The molecule has 0 atom stereocenters. The molecule has 182 valence electrons. The average molecular weight is 499 g/mol. The maximum atomic E-state index is 6.35. The highest BCUT2D eigenvalue weighted by Crippen LogP contribution is 2.43. The summed E-state index contributed by atoms with van der Waals surface area (Å²) >= 11 is 0. The van der Waals surface area contributed by atoms with Gasteiger partial charge in [0.05, 0.1) is 22.1 Å². The van der Waals surface area contributed by atoms with Crippen LogP contribution in [0.2, 0.25) is 0 Å². The molecule has 0 amide bonds. The zero-order chi connectivity index (χ0) is 25.5. The molecular formula is C36H22N2O. The number of benzene rings is 6. The Hall–Kier alpha value is -5.28. The molecule has 0 radical (unpaired) electrons. The van der Waals surface area contributed by atoms with E-state index in [0.29, 0.717) is 0 Å². The lowest BCUT2D eigenvalue weighted by molar-refractivity contribution is 0.669. The van der Waals surface area contributed by atoms with E-state index in [4.69, 9.17) is 4.42 Å². The normalized spacial score (nSPS) is 12.1. The molecule has 3 heterocycles. The summed E-state index contributed by atoms with van der Waals surface area (Å²) in [5, 5.41) is 7.27. The van der Waals surface area contributed by atoms with Crippen molar-refractivity contribution in [3.8, 4) is 11.4 Å². The minimum Gasteiger partial charge on any atom is -0.456 e. The Morgan fingerprint density at radius 2 is 1.05 bits per heavy atom. The highest BCUT2D eigenvalue weighted by molar-refractivity contribution is 6.27. The summed E-state index contributed by atoms with van der Waals surface area (Å²) in [6.45, 7) is 0. The van der Waals surface area contributed by atoms with Gasteiger partial charge in [0.25, 0.3) is 0 Å². The van der Waals surface area contributed by atoms with Crippen molar-refractivity contribution in [2.45, 2.75) is 0 Å². The van der Waals surface area contributed by atoms with Crippen LogP contribution in [0.3, 0.4) is 0 Å². The molecule has 9 rings (SSSR count). The van der Waals surface area contributed by atoms with Crippen molar-refractivity contribution < 1.29 is 4.42 Å². The molecule has 0 aliphatic carbocycles. The molecule has 3 aromatic heterocycles. The topological polar surface area (TPSA) is 23.0 Å². The predicted molar refractivity (Wildman–Crippen MR) is 162 cm³/mol. The third-order valence-electron chi connectivity index (χ3n) is 8.09. The van der Waals surface area contributed by atoms with Crippen molar-refractivity contribution in [1.29, 1.82) is 0 Å². The SMILES string of the molecule is c1ccc(-n2c3ccccc3c3c2ccc2c4cc5c(cc4n(-c4ccccc4)c23)oc2ccccc25)cc1. The number of nitrogens with zero attached hydrogens (tertiary/aromatic N) is 2. The zero-order valence-corrected chi connectivity index (χ0v) is 21.0. The molecule has 6 aromatic carbocycles. The smallest absolute Gasteiger partial charge is 0.137 e. The van der Waals surface area contributed by atoms with E-state index in [1.54, 1.807) is 0 Å². The third kappa shape index (κ3) is 2.76. The highest BCUT2D eigenvalue weighted by Gasteiger charge is 2.22. The fourth-order valence-corrected chi connectivity index (χ4v) is 6.47.